The average Bonchev–Trinajstić information content (AvgIpc) is 3.13. The highest BCUT2D eigenvalue weighted by Gasteiger charge is 2.38. The first-order valence-electron chi connectivity index (χ1n) is 6.48. The summed E-state index contributed by atoms with van der Waals surface area (Å²) in [7, 11) is 1.70. The fourth-order valence-electron chi connectivity index (χ4n) is 2.27. The summed E-state index contributed by atoms with van der Waals surface area (Å²) < 4.78 is 39.4. The van der Waals surface area contributed by atoms with Crippen molar-refractivity contribution in [3.8, 4) is 0 Å². The summed E-state index contributed by atoms with van der Waals surface area (Å²) in [5, 5.41) is 4.83. The van der Waals surface area contributed by atoms with Crippen LogP contribution in [0.5, 0.6) is 0 Å². The summed E-state index contributed by atoms with van der Waals surface area (Å²) >= 11 is 6.04. The zero-order chi connectivity index (χ0) is 15.2. The molecule has 0 saturated heterocycles. The van der Waals surface area contributed by atoms with Crippen molar-refractivity contribution >= 4 is 22.6 Å². The van der Waals surface area contributed by atoms with Crippen LogP contribution in [0.2, 0.25) is 5.15 Å². The maximum absolute atomic E-state index is 12.6. The Hall–Kier alpha value is -1.41. The van der Waals surface area contributed by atoms with E-state index in [1.165, 1.54) is 15.8 Å². The molecular weight excluding hydrogens is 307 g/mol. The molecule has 3 rings (SSSR count). The van der Waals surface area contributed by atoms with Crippen LogP contribution >= 0.6 is 11.6 Å². The van der Waals surface area contributed by atoms with Gasteiger partial charge in [0.15, 0.2) is 5.65 Å². The van der Waals surface area contributed by atoms with Crippen molar-refractivity contribution in [1.82, 2.24) is 24.6 Å². The zero-order valence-electron chi connectivity index (χ0n) is 11.2. The van der Waals surface area contributed by atoms with E-state index in [0.717, 1.165) is 12.8 Å². The average molecular weight is 320 g/mol. The summed E-state index contributed by atoms with van der Waals surface area (Å²) in [5.74, 6) is 0.284. The highest BCUT2D eigenvalue weighted by molar-refractivity contribution is 6.33. The Morgan fingerprint density at radius 1 is 1.38 bits per heavy atom. The summed E-state index contributed by atoms with van der Waals surface area (Å²) in [5.41, 5.74) is 0.521. The molecule has 0 bridgehead atoms. The van der Waals surface area contributed by atoms with Gasteiger partial charge in [-0.15, -0.1) is 0 Å². The normalized spacial score (nSPS) is 16.1. The molecule has 0 aromatic carbocycles. The second kappa shape index (κ2) is 5.10. The molecule has 0 atom stereocenters. The number of nitrogens with zero attached hydrogens (tertiary/aromatic N) is 5. The predicted octanol–water partition coefficient (Wildman–Crippen LogP) is 2.54. The molecule has 1 aliphatic rings. The third-order valence-electron chi connectivity index (χ3n) is 3.38. The molecule has 1 fully saturated rings. The van der Waals surface area contributed by atoms with Gasteiger partial charge in [-0.3, -0.25) is 9.58 Å². The molecule has 2 heterocycles. The molecule has 0 unspecified atom stereocenters. The first-order chi connectivity index (χ1) is 9.83. The minimum absolute atomic E-state index is 0.0328. The minimum Gasteiger partial charge on any atom is -0.284 e. The third-order valence-corrected chi connectivity index (χ3v) is 3.67. The molecule has 1 saturated carbocycles. The Balaban J connectivity index is 1.87. The molecule has 0 spiro atoms. The highest BCUT2D eigenvalue weighted by atomic mass is 35.5. The molecule has 2 aromatic heterocycles. The number of aryl methyl sites for hydroxylation is 1. The van der Waals surface area contributed by atoms with Gasteiger partial charge in [-0.25, -0.2) is 9.97 Å². The lowest BCUT2D eigenvalue weighted by atomic mass is 10.4. The largest absolute Gasteiger partial charge is 0.401 e. The fourth-order valence-corrected chi connectivity index (χ4v) is 2.50. The van der Waals surface area contributed by atoms with Crippen LogP contribution in [0, 0.1) is 0 Å². The van der Waals surface area contributed by atoms with E-state index in [1.807, 2.05) is 0 Å². The van der Waals surface area contributed by atoms with Gasteiger partial charge in [-0.1, -0.05) is 11.6 Å². The van der Waals surface area contributed by atoms with Gasteiger partial charge in [0.1, 0.15) is 11.0 Å². The maximum atomic E-state index is 12.6. The molecule has 21 heavy (non-hydrogen) atoms. The van der Waals surface area contributed by atoms with Gasteiger partial charge in [-0.2, -0.15) is 18.3 Å². The lowest BCUT2D eigenvalue weighted by molar-refractivity contribution is -0.148. The van der Waals surface area contributed by atoms with Crippen LogP contribution in [-0.4, -0.2) is 43.4 Å². The maximum Gasteiger partial charge on any atom is 0.401 e. The summed E-state index contributed by atoms with van der Waals surface area (Å²) in [6.45, 7) is -0.924. The monoisotopic (exact) mass is 319 g/mol. The van der Waals surface area contributed by atoms with Gasteiger partial charge in [-0.05, 0) is 12.8 Å². The minimum atomic E-state index is -4.23. The van der Waals surface area contributed by atoms with Gasteiger partial charge in [0, 0.05) is 13.1 Å². The molecule has 2 aromatic rings. The van der Waals surface area contributed by atoms with Crippen LogP contribution in [0.3, 0.4) is 0 Å². The molecule has 1 aliphatic carbocycles. The van der Waals surface area contributed by atoms with Crippen molar-refractivity contribution in [3.05, 3.63) is 17.2 Å². The molecule has 0 N–H and O–H groups in total. The number of alkyl halides is 3. The summed E-state index contributed by atoms with van der Waals surface area (Å²) in [6, 6.07) is -0.0452. The number of rotatable bonds is 4. The van der Waals surface area contributed by atoms with Gasteiger partial charge in [0.25, 0.3) is 0 Å². The quantitative estimate of drug-likeness (QED) is 0.813. The van der Waals surface area contributed by atoms with Gasteiger partial charge < -0.3 is 0 Å². The summed E-state index contributed by atoms with van der Waals surface area (Å²) in [4.78, 5) is 9.71. The molecule has 0 radical (unpaired) electrons. The van der Waals surface area contributed by atoms with Crippen LogP contribution in [0.1, 0.15) is 18.7 Å². The van der Waals surface area contributed by atoms with E-state index in [1.54, 1.807) is 7.05 Å². The Kier molecular flexibility index (Phi) is 3.53. The predicted molar refractivity (Wildman–Crippen MR) is 70.8 cm³/mol. The second-order valence-corrected chi connectivity index (χ2v) is 5.55. The molecule has 114 valence electrons. The molecule has 5 nitrogen and oxygen atoms in total. The van der Waals surface area contributed by atoms with E-state index < -0.39 is 12.7 Å². The van der Waals surface area contributed by atoms with Crippen molar-refractivity contribution in [3.63, 3.8) is 0 Å². The fraction of sp³-hybridized carbons (Fsp3) is 0.583. The van der Waals surface area contributed by atoms with E-state index in [-0.39, 0.29) is 23.6 Å². The van der Waals surface area contributed by atoms with Crippen LogP contribution < -0.4 is 0 Å². The van der Waals surface area contributed by atoms with Crippen molar-refractivity contribution in [2.75, 3.05) is 6.54 Å². The molecular formula is C12H13ClF3N5. The van der Waals surface area contributed by atoms with Crippen molar-refractivity contribution in [2.45, 2.75) is 31.6 Å². The van der Waals surface area contributed by atoms with Crippen LogP contribution in [0.25, 0.3) is 11.0 Å². The van der Waals surface area contributed by atoms with Gasteiger partial charge in [0.05, 0.1) is 24.7 Å². The Morgan fingerprint density at radius 2 is 2.10 bits per heavy atom. The number of hydrogen-bond donors (Lipinski definition) is 0. The highest BCUT2D eigenvalue weighted by Crippen LogP contribution is 2.31. The van der Waals surface area contributed by atoms with Crippen molar-refractivity contribution in [1.29, 1.82) is 0 Å². The smallest absolute Gasteiger partial charge is 0.284 e. The van der Waals surface area contributed by atoms with Crippen LogP contribution in [0.15, 0.2) is 6.20 Å². The lowest BCUT2D eigenvalue weighted by Crippen LogP contribution is -2.36. The van der Waals surface area contributed by atoms with Gasteiger partial charge in [0.2, 0.25) is 0 Å². The molecule has 0 amide bonds. The van der Waals surface area contributed by atoms with E-state index >= 15 is 0 Å². The van der Waals surface area contributed by atoms with E-state index in [4.69, 9.17) is 11.6 Å². The Morgan fingerprint density at radius 3 is 2.71 bits per heavy atom. The first kappa shape index (κ1) is 14.5. The van der Waals surface area contributed by atoms with Gasteiger partial charge >= 0.3 is 6.18 Å². The number of fused-ring (bicyclic) bond motifs is 1. The summed E-state index contributed by atoms with van der Waals surface area (Å²) in [6.07, 6.45) is -1.14. The Bertz CT molecular complexity index is 665. The topological polar surface area (TPSA) is 46.8 Å². The third kappa shape index (κ3) is 3.26. The van der Waals surface area contributed by atoms with Crippen molar-refractivity contribution < 1.29 is 13.2 Å². The number of halogens is 4. The molecule has 0 aliphatic heterocycles. The van der Waals surface area contributed by atoms with E-state index in [2.05, 4.69) is 15.1 Å². The zero-order valence-corrected chi connectivity index (χ0v) is 12.0. The SMILES string of the molecule is Cn1ncc2c(Cl)nc(CN(CC(F)(F)F)C3CC3)nc21. The number of aromatic nitrogens is 4. The van der Waals surface area contributed by atoms with E-state index in [0.29, 0.717) is 11.0 Å². The lowest BCUT2D eigenvalue weighted by Gasteiger charge is -2.22. The Labute approximate surface area is 123 Å². The van der Waals surface area contributed by atoms with Crippen LogP contribution in [-0.2, 0) is 13.6 Å². The van der Waals surface area contributed by atoms with Crippen molar-refractivity contribution in [2.24, 2.45) is 7.05 Å². The van der Waals surface area contributed by atoms with Crippen LogP contribution in [0.4, 0.5) is 13.2 Å². The second-order valence-electron chi connectivity index (χ2n) is 5.19. The van der Waals surface area contributed by atoms with E-state index in [9.17, 15) is 13.2 Å². The number of hydrogen-bond acceptors (Lipinski definition) is 4. The standard InChI is InChI=1S/C12H13ClF3N5/c1-20-11-8(4-17-20)10(13)18-9(19-11)5-21(7-2-3-7)6-12(14,15)16/h4,7H,2-3,5-6H2,1H3. The molecule has 9 heteroatoms. The first-order valence-corrected chi connectivity index (χ1v) is 6.86.